The highest BCUT2D eigenvalue weighted by Gasteiger charge is 2.06. The lowest BCUT2D eigenvalue weighted by Crippen LogP contribution is -2.15. The van der Waals surface area contributed by atoms with Crippen LogP contribution in [0.3, 0.4) is 0 Å². The van der Waals surface area contributed by atoms with Gasteiger partial charge >= 0.3 is 0 Å². The summed E-state index contributed by atoms with van der Waals surface area (Å²) in [5, 5.41) is 9.22. The molecule has 12 heavy (non-hydrogen) atoms. The molecular formula is C9H16N2O. The van der Waals surface area contributed by atoms with Crippen molar-refractivity contribution in [1.82, 2.24) is 9.55 Å². The van der Waals surface area contributed by atoms with E-state index in [0.29, 0.717) is 6.54 Å². The van der Waals surface area contributed by atoms with Crippen LogP contribution in [0.4, 0.5) is 0 Å². The van der Waals surface area contributed by atoms with E-state index >= 15 is 0 Å². The number of hydrogen-bond donors (Lipinski definition) is 1. The van der Waals surface area contributed by atoms with Gasteiger partial charge in [0.05, 0.1) is 6.10 Å². The van der Waals surface area contributed by atoms with Crippen molar-refractivity contribution in [3.63, 3.8) is 0 Å². The van der Waals surface area contributed by atoms with Crippen LogP contribution in [0.5, 0.6) is 0 Å². The Morgan fingerprint density at radius 1 is 1.67 bits per heavy atom. The number of aromatic nitrogens is 2. The summed E-state index contributed by atoms with van der Waals surface area (Å²) in [6, 6.07) is 0. The standard InChI is InChI=1S/C9H16N2O/c1-4-9-10-5-7(2)11(9)6-8(3)12/h5,8,12H,4,6H2,1-3H3. The van der Waals surface area contributed by atoms with E-state index in [9.17, 15) is 5.11 Å². The maximum absolute atomic E-state index is 9.22. The second kappa shape index (κ2) is 3.72. The van der Waals surface area contributed by atoms with Crippen molar-refractivity contribution in [3.05, 3.63) is 17.7 Å². The van der Waals surface area contributed by atoms with E-state index in [2.05, 4.69) is 16.5 Å². The smallest absolute Gasteiger partial charge is 0.108 e. The molecule has 0 radical (unpaired) electrons. The molecule has 0 aliphatic rings. The lowest BCUT2D eigenvalue weighted by Gasteiger charge is -2.10. The number of nitrogens with zero attached hydrogens (tertiary/aromatic N) is 2. The highest BCUT2D eigenvalue weighted by molar-refractivity contribution is 5.03. The van der Waals surface area contributed by atoms with E-state index in [0.717, 1.165) is 17.9 Å². The normalized spacial score (nSPS) is 13.3. The van der Waals surface area contributed by atoms with Gasteiger partial charge in [-0.25, -0.2) is 4.98 Å². The maximum atomic E-state index is 9.22. The molecule has 1 heterocycles. The van der Waals surface area contributed by atoms with Crippen LogP contribution in [-0.2, 0) is 13.0 Å². The van der Waals surface area contributed by atoms with Crippen LogP contribution in [0.25, 0.3) is 0 Å². The monoisotopic (exact) mass is 168 g/mol. The topological polar surface area (TPSA) is 38.0 Å². The molecule has 1 atom stereocenters. The van der Waals surface area contributed by atoms with E-state index in [1.54, 1.807) is 6.92 Å². The fourth-order valence-corrected chi connectivity index (χ4v) is 1.31. The van der Waals surface area contributed by atoms with Gasteiger partial charge in [-0.1, -0.05) is 6.92 Å². The summed E-state index contributed by atoms with van der Waals surface area (Å²) >= 11 is 0. The van der Waals surface area contributed by atoms with Crippen LogP contribution >= 0.6 is 0 Å². The molecule has 1 rings (SSSR count). The number of imidazole rings is 1. The van der Waals surface area contributed by atoms with E-state index in [4.69, 9.17) is 0 Å². The summed E-state index contributed by atoms with van der Waals surface area (Å²) in [7, 11) is 0. The van der Waals surface area contributed by atoms with Gasteiger partial charge in [0.2, 0.25) is 0 Å². The quantitative estimate of drug-likeness (QED) is 0.734. The first-order chi connectivity index (χ1) is 5.65. The molecule has 1 aromatic rings. The van der Waals surface area contributed by atoms with Gasteiger partial charge < -0.3 is 9.67 Å². The van der Waals surface area contributed by atoms with Crippen molar-refractivity contribution in [1.29, 1.82) is 0 Å². The van der Waals surface area contributed by atoms with E-state index in [1.165, 1.54) is 0 Å². The molecule has 1 aromatic heterocycles. The zero-order chi connectivity index (χ0) is 9.14. The summed E-state index contributed by atoms with van der Waals surface area (Å²) in [4.78, 5) is 4.24. The fraction of sp³-hybridized carbons (Fsp3) is 0.667. The Bertz CT molecular complexity index is 253. The molecule has 3 heteroatoms. The SMILES string of the molecule is CCc1ncc(C)n1CC(C)O. The molecule has 0 aliphatic heterocycles. The first kappa shape index (κ1) is 9.26. The van der Waals surface area contributed by atoms with Crippen molar-refractivity contribution >= 4 is 0 Å². The zero-order valence-corrected chi connectivity index (χ0v) is 7.91. The Balaban J connectivity index is 2.86. The van der Waals surface area contributed by atoms with Gasteiger partial charge in [0.15, 0.2) is 0 Å². The van der Waals surface area contributed by atoms with Crippen molar-refractivity contribution in [3.8, 4) is 0 Å². The Kier molecular flexibility index (Phi) is 2.87. The third kappa shape index (κ3) is 1.85. The number of aliphatic hydroxyl groups is 1. The zero-order valence-electron chi connectivity index (χ0n) is 7.91. The molecule has 0 spiro atoms. The Morgan fingerprint density at radius 3 is 2.83 bits per heavy atom. The summed E-state index contributed by atoms with van der Waals surface area (Å²) in [6.07, 6.45) is 2.46. The molecule has 0 aromatic carbocycles. The van der Waals surface area contributed by atoms with Crippen LogP contribution in [-0.4, -0.2) is 20.8 Å². The Hall–Kier alpha value is -0.830. The van der Waals surface area contributed by atoms with Gasteiger partial charge in [0.1, 0.15) is 5.82 Å². The minimum Gasteiger partial charge on any atom is -0.392 e. The van der Waals surface area contributed by atoms with Crippen molar-refractivity contribution in [2.45, 2.75) is 39.8 Å². The molecule has 1 N–H and O–H groups in total. The minimum atomic E-state index is -0.303. The molecule has 0 amide bonds. The maximum Gasteiger partial charge on any atom is 0.108 e. The van der Waals surface area contributed by atoms with Crippen molar-refractivity contribution in [2.24, 2.45) is 0 Å². The molecule has 0 bridgehead atoms. The molecule has 0 saturated heterocycles. The van der Waals surface area contributed by atoms with Gasteiger partial charge in [0.25, 0.3) is 0 Å². The number of aryl methyl sites for hydroxylation is 2. The summed E-state index contributed by atoms with van der Waals surface area (Å²) in [5.41, 5.74) is 1.12. The summed E-state index contributed by atoms with van der Waals surface area (Å²) in [5.74, 6) is 1.05. The average molecular weight is 168 g/mol. The van der Waals surface area contributed by atoms with E-state index < -0.39 is 0 Å². The van der Waals surface area contributed by atoms with E-state index in [1.807, 2.05) is 13.1 Å². The second-order valence-electron chi connectivity index (χ2n) is 3.13. The molecule has 68 valence electrons. The first-order valence-electron chi connectivity index (χ1n) is 4.34. The molecule has 1 unspecified atom stereocenters. The Labute approximate surface area is 73.1 Å². The molecule has 3 nitrogen and oxygen atoms in total. The lowest BCUT2D eigenvalue weighted by molar-refractivity contribution is 0.171. The van der Waals surface area contributed by atoms with Crippen LogP contribution < -0.4 is 0 Å². The third-order valence-electron chi connectivity index (χ3n) is 1.90. The number of aliphatic hydroxyl groups excluding tert-OH is 1. The first-order valence-corrected chi connectivity index (χ1v) is 4.34. The second-order valence-corrected chi connectivity index (χ2v) is 3.13. The molecule has 0 saturated carbocycles. The number of rotatable bonds is 3. The van der Waals surface area contributed by atoms with Crippen LogP contribution in [0.15, 0.2) is 6.20 Å². The van der Waals surface area contributed by atoms with Gasteiger partial charge in [-0.05, 0) is 13.8 Å². The van der Waals surface area contributed by atoms with Crippen molar-refractivity contribution < 1.29 is 5.11 Å². The summed E-state index contributed by atoms with van der Waals surface area (Å²) in [6.45, 7) is 6.52. The summed E-state index contributed by atoms with van der Waals surface area (Å²) < 4.78 is 2.06. The van der Waals surface area contributed by atoms with Gasteiger partial charge in [-0.3, -0.25) is 0 Å². The van der Waals surface area contributed by atoms with Gasteiger partial charge in [0, 0.05) is 24.9 Å². The molecule has 0 fully saturated rings. The van der Waals surface area contributed by atoms with E-state index in [-0.39, 0.29) is 6.10 Å². The predicted octanol–water partition coefficient (Wildman–Crippen LogP) is 1.13. The fourth-order valence-electron chi connectivity index (χ4n) is 1.31. The van der Waals surface area contributed by atoms with Crippen LogP contribution in [0.2, 0.25) is 0 Å². The molecule has 0 aliphatic carbocycles. The highest BCUT2D eigenvalue weighted by atomic mass is 16.3. The number of hydrogen-bond acceptors (Lipinski definition) is 2. The largest absolute Gasteiger partial charge is 0.392 e. The van der Waals surface area contributed by atoms with Crippen LogP contribution in [0.1, 0.15) is 25.4 Å². The van der Waals surface area contributed by atoms with Crippen molar-refractivity contribution in [2.75, 3.05) is 0 Å². The minimum absolute atomic E-state index is 0.303. The average Bonchev–Trinajstić information content (AvgIpc) is 2.32. The highest BCUT2D eigenvalue weighted by Crippen LogP contribution is 2.05. The van der Waals surface area contributed by atoms with Gasteiger partial charge in [-0.15, -0.1) is 0 Å². The molecular weight excluding hydrogens is 152 g/mol. The third-order valence-corrected chi connectivity index (χ3v) is 1.90. The predicted molar refractivity (Wildman–Crippen MR) is 48.0 cm³/mol. The lowest BCUT2D eigenvalue weighted by atomic mass is 10.3. The Morgan fingerprint density at radius 2 is 2.33 bits per heavy atom. The van der Waals surface area contributed by atoms with Crippen LogP contribution in [0, 0.1) is 6.92 Å². The van der Waals surface area contributed by atoms with Gasteiger partial charge in [-0.2, -0.15) is 0 Å².